The molecule has 10 nitrogen and oxygen atoms in total. The molecule has 0 aliphatic heterocycles. The lowest BCUT2D eigenvalue weighted by Crippen LogP contribution is -2.47. The lowest BCUT2D eigenvalue weighted by Gasteiger charge is -2.21. The third kappa shape index (κ3) is 66.2. The monoisotopic (exact) mass is 604 g/mol. The van der Waals surface area contributed by atoms with Crippen LogP contribution in [-0.4, -0.2) is 70.9 Å². The highest BCUT2D eigenvalue weighted by atomic mass is 16.2. The summed E-state index contributed by atoms with van der Waals surface area (Å²) in [6.45, 7) is 40.2. The molecule has 7 N–H and O–H groups in total. The normalized spacial score (nSPS) is 12.6. The molecule has 3 amide bonds. The zero-order chi connectivity index (χ0) is 35.3. The highest BCUT2D eigenvalue weighted by Gasteiger charge is 2.15. The Bertz CT molecular complexity index is 731. The number of rotatable bonds is 2. The zero-order valence-corrected chi connectivity index (χ0v) is 31.5. The van der Waals surface area contributed by atoms with E-state index in [9.17, 15) is 14.4 Å². The first-order valence-corrected chi connectivity index (χ1v) is 14.8. The first kappa shape index (κ1) is 49.5. The summed E-state index contributed by atoms with van der Waals surface area (Å²) in [5.41, 5.74) is 5.44. The van der Waals surface area contributed by atoms with Crippen LogP contribution in [0.3, 0.4) is 0 Å². The van der Waals surface area contributed by atoms with E-state index in [-0.39, 0.29) is 39.9 Å². The fourth-order valence-electron chi connectivity index (χ4n) is 2.67. The molecule has 42 heavy (non-hydrogen) atoms. The van der Waals surface area contributed by atoms with Gasteiger partial charge in [0.15, 0.2) is 0 Å². The lowest BCUT2D eigenvalue weighted by molar-refractivity contribution is -0.123. The third-order valence-electron chi connectivity index (χ3n) is 3.61. The van der Waals surface area contributed by atoms with Gasteiger partial charge in [0.05, 0.1) is 11.9 Å². The highest BCUT2D eigenvalue weighted by Crippen LogP contribution is 1.99. The van der Waals surface area contributed by atoms with Crippen molar-refractivity contribution < 1.29 is 14.4 Å². The fourth-order valence-corrected chi connectivity index (χ4v) is 2.67. The van der Waals surface area contributed by atoms with Gasteiger partial charge < -0.3 is 32.3 Å². The van der Waals surface area contributed by atoms with Gasteiger partial charge in [-0.2, -0.15) is 0 Å². The second-order valence-corrected chi connectivity index (χ2v) is 15.4. The molecule has 0 fully saturated rings. The minimum atomic E-state index is -0.417. The van der Waals surface area contributed by atoms with Gasteiger partial charge in [-0.3, -0.25) is 19.4 Å². The van der Waals surface area contributed by atoms with Crippen LogP contribution < -0.4 is 32.3 Å². The standard InChI is InChI=1S/C7H16N2O.C7H16N2.2C6H13NO.C6H15N/c1-5(8)6(10)9-7(2,3)4;1-6(8-5)9-7(2,3)4;2*1-5(8)7-6(2,3)4;1-5-7-6(2,3)4/h5H,8H2,1-4H3,(H,9,10);1-5H3,(H,8,9);2*1-4H3,(H,7,8);7H,5H2,1-4H3. The Kier molecular flexibility index (Phi) is 26.3. The van der Waals surface area contributed by atoms with Gasteiger partial charge in [-0.05, 0) is 124 Å². The molecular weight excluding hydrogens is 530 g/mol. The maximum absolute atomic E-state index is 10.9. The van der Waals surface area contributed by atoms with E-state index in [0.29, 0.717) is 5.54 Å². The van der Waals surface area contributed by atoms with Gasteiger partial charge in [0.2, 0.25) is 17.7 Å². The summed E-state index contributed by atoms with van der Waals surface area (Å²) < 4.78 is 0. The van der Waals surface area contributed by atoms with Crippen LogP contribution in [0.5, 0.6) is 0 Å². The van der Waals surface area contributed by atoms with E-state index >= 15 is 0 Å². The first-order chi connectivity index (χ1) is 18.2. The Morgan fingerprint density at radius 1 is 0.595 bits per heavy atom. The third-order valence-corrected chi connectivity index (χ3v) is 3.61. The molecule has 254 valence electrons. The van der Waals surface area contributed by atoms with Crippen molar-refractivity contribution >= 4 is 23.6 Å². The van der Waals surface area contributed by atoms with Crippen LogP contribution in [0, 0.1) is 0 Å². The Morgan fingerprint density at radius 3 is 0.929 bits per heavy atom. The second-order valence-electron chi connectivity index (χ2n) is 15.4. The number of carbonyl (C=O) groups excluding carboxylic acids is 3. The van der Waals surface area contributed by atoms with E-state index in [1.807, 2.05) is 69.2 Å². The summed E-state index contributed by atoms with van der Waals surface area (Å²) in [5.74, 6) is 0.935. The van der Waals surface area contributed by atoms with Gasteiger partial charge in [-0.15, -0.1) is 0 Å². The van der Waals surface area contributed by atoms with E-state index in [4.69, 9.17) is 5.73 Å². The zero-order valence-electron chi connectivity index (χ0n) is 31.5. The largest absolute Gasteiger partial charge is 0.369 e. The van der Waals surface area contributed by atoms with Crippen LogP contribution in [0.25, 0.3) is 0 Å². The van der Waals surface area contributed by atoms with Crippen molar-refractivity contribution in [3.8, 4) is 0 Å². The molecule has 1 unspecified atom stereocenters. The topological polar surface area (TPSA) is 150 Å². The van der Waals surface area contributed by atoms with Crippen molar-refractivity contribution in [1.29, 1.82) is 0 Å². The van der Waals surface area contributed by atoms with Crippen LogP contribution in [0.15, 0.2) is 4.99 Å². The quantitative estimate of drug-likeness (QED) is 0.195. The number of hydrogen-bond donors (Lipinski definition) is 6. The van der Waals surface area contributed by atoms with E-state index in [2.05, 4.69) is 80.0 Å². The number of hydrogen-bond acceptors (Lipinski definition) is 6. The van der Waals surface area contributed by atoms with Gasteiger partial charge in [-0.1, -0.05) is 6.92 Å². The lowest BCUT2D eigenvalue weighted by atomic mass is 10.1. The number of carbonyl (C=O) groups is 3. The van der Waals surface area contributed by atoms with E-state index in [1.165, 1.54) is 13.8 Å². The Hall–Kier alpha value is -2.20. The molecule has 1 atom stereocenters. The smallest absolute Gasteiger partial charge is 0.237 e. The van der Waals surface area contributed by atoms with Crippen LogP contribution in [0.1, 0.15) is 138 Å². The summed E-state index contributed by atoms with van der Waals surface area (Å²) in [6, 6.07) is -0.417. The molecule has 0 spiro atoms. The van der Waals surface area contributed by atoms with Crippen LogP contribution in [0.4, 0.5) is 0 Å². The summed E-state index contributed by atoms with van der Waals surface area (Å²) in [7, 11) is 1.79. The molecule has 0 aromatic carbocycles. The molecule has 0 aromatic heterocycles. The molecule has 0 heterocycles. The minimum Gasteiger partial charge on any atom is -0.369 e. The van der Waals surface area contributed by atoms with E-state index < -0.39 is 6.04 Å². The summed E-state index contributed by atoms with van der Waals surface area (Å²) in [6.07, 6.45) is 0. The van der Waals surface area contributed by atoms with Crippen molar-refractivity contribution in [2.75, 3.05) is 13.6 Å². The predicted octanol–water partition coefficient (Wildman–Crippen LogP) is 4.91. The number of nitrogens with two attached hydrogens (primary N) is 1. The van der Waals surface area contributed by atoms with Gasteiger partial charge >= 0.3 is 0 Å². The van der Waals surface area contributed by atoms with Gasteiger partial charge in [-0.25, -0.2) is 0 Å². The van der Waals surface area contributed by atoms with Crippen LogP contribution in [0.2, 0.25) is 0 Å². The number of amides is 3. The molecule has 0 saturated carbocycles. The van der Waals surface area contributed by atoms with Crippen molar-refractivity contribution in [1.82, 2.24) is 26.6 Å². The summed E-state index contributed by atoms with van der Waals surface area (Å²) >= 11 is 0. The van der Waals surface area contributed by atoms with Gasteiger partial charge in [0.1, 0.15) is 0 Å². The fraction of sp³-hybridized carbons (Fsp3) is 0.875. The number of aliphatic imine (C=N–C) groups is 1. The Morgan fingerprint density at radius 2 is 0.881 bits per heavy atom. The molecule has 0 rings (SSSR count). The van der Waals surface area contributed by atoms with Crippen LogP contribution in [-0.2, 0) is 14.4 Å². The SMILES string of the molecule is CC(=O)NC(C)(C)C.CC(=O)NC(C)(C)C.CC(N)C(=O)NC(C)(C)C.CCNC(C)(C)C.CN=C(C)NC(C)(C)C. The average molecular weight is 604 g/mol. The van der Waals surface area contributed by atoms with Crippen molar-refractivity contribution in [2.45, 2.75) is 172 Å². The molecule has 0 aliphatic rings. The Balaban J connectivity index is -0.000000137. The van der Waals surface area contributed by atoms with Crippen LogP contribution >= 0.6 is 0 Å². The second kappa shape index (κ2) is 22.4. The number of nitrogens with zero attached hydrogens (tertiary/aromatic N) is 1. The minimum absolute atomic E-state index is 0.0255. The maximum Gasteiger partial charge on any atom is 0.237 e. The molecule has 0 aromatic rings. The molecule has 10 heteroatoms. The molecular formula is C32H73N7O3. The summed E-state index contributed by atoms with van der Waals surface area (Å²) in [4.78, 5) is 35.6. The van der Waals surface area contributed by atoms with Crippen molar-refractivity contribution in [3.05, 3.63) is 0 Å². The highest BCUT2D eigenvalue weighted by molar-refractivity contribution is 5.81. The first-order valence-electron chi connectivity index (χ1n) is 14.8. The summed E-state index contributed by atoms with van der Waals surface area (Å²) in [5, 5.41) is 14.7. The molecule has 0 saturated heterocycles. The number of nitrogens with one attached hydrogen (secondary N) is 5. The van der Waals surface area contributed by atoms with E-state index in [0.717, 1.165) is 12.4 Å². The predicted molar refractivity (Wildman–Crippen MR) is 184 cm³/mol. The maximum atomic E-state index is 10.9. The molecule has 0 aliphatic carbocycles. The van der Waals surface area contributed by atoms with Gasteiger partial charge in [0, 0.05) is 48.6 Å². The Labute approximate surface area is 261 Å². The number of amidine groups is 1. The van der Waals surface area contributed by atoms with Crippen molar-refractivity contribution in [2.24, 2.45) is 10.7 Å². The van der Waals surface area contributed by atoms with E-state index in [1.54, 1.807) is 14.0 Å². The molecule has 0 radical (unpaired) electrons. The molecule has 0 bridgehead atoms. The van der Waals surface area contributed by atoms with Gasteiger partial charge in [0.25, 0.3) is 0 Å². The van der Waals surface area contributed by atoms with Crippen molar-refractivity contribution in [3.63, 3.8) is 0 Å². The average Bonchev–Trinajstić information content (AvgIpc) is 2.62.